The van der Waals surface area contributed by atoms with E-state index in [9.17, 15) is 4.39 Å². The van der Waals surface area contributed by atoms with Gasteiger partial charge in [0, 0.05) is 12.2 Å². The smallest absolute Gasteiger partial charge is 0.123 e. The van der Waals surface area contributed by atoms with E-state index < -0.39 is 0 Å². The van der Waals surface area contributed by atoms with Gasteiger partial charge in [0.05, 0.1) is 6.04 Å². The average Bonchev–Trinajstić information content (AvgIpc) is 2.39. The minimum absolute atomic E-state index is 0.0123. The van der Waals surface area contributed by atoms with Crippen molar-refractivity contribution in [1.29, 1.82) is 0 Å². The van der Waals surface area contributed by atoms with E-state index in [0.717, 1.165) is 16.8 Å². The third-order valence-corrected chi connectivity index (χ3v) is 3.32. The standard InChI is InChI=1S/C16H19FN2/c1-11-5-3-4-6-15(11)19-16(10-18)14-8-7-13(17)9-12(14)2/h3-9,16,19H,10,18H2,1-2H3. The van der Waals surface area contributed by atoms with E-state index in [0.29, 0.717) is 6.54 Å². The van der Waals surface area contributed by atoms with Crippen LogP contribution in [-0.2, 0) is 0 Å². The SMILES string of the molecule is Cc1ccccc1NC(CN)c1ccc(F)cc1C. The van der Waals surface area contributed by atoms with Crippen LogP contribution in [-0.4, -0.2) is 6.54 Å². The number of benzene rings is 2. The van der Waals surface area contributed by atoms with E-state index in [1.54, 1.807) is 6.07 Å². The Morgan fingerprint density at radius 3 is 2.47 bits per heavy atom. The molecule has 0 bridgehead atoms. The molecule has 0 radical (unpaired) electrons. The van der Waals surface area contributed by atoms with Crippen molar-refractivity contribution < 1.29 is 4.39 Å². The predicted molar refractivity (Wildman–Crippen MR) is 77.7 cm³/mol. The maximum atomic E-state index is 13.2. The summed E-state index contributed by atoms with van der Waals surface area (Å²) < 4.78 is 13.2. The second-order valence-corrected chi connectivity index (χ2v) is 4.75. The molecule has 0 aromatic heterocycles. The molecule has 0 saturated heterocycles. The molecule has 0 heterocycles. The van der Waals surface area contributed by atoms with Crippen LogP contribution in [0.1, 0.15) is 22.7 Å². The molecular weight excluding hydrogens is 239 g/mol. The van der Waals surface area contributed by atoms with E-state index in [1.807, 2.05) is 38.1 Å². The van der Waals surface area contributed by atoms with Gasteiger partial charge in [-0.05, 0) is 48.7 Å². The number of anilines is 1. The molecule has 3 N–H and O–H groups in total. The van der Waals surface area contributed by atoms with Gasteiger partial charge in [-0.2, -0.15) is 0 Å². The van der Waals surface area contributed by atoms with Gasteiger partial charge < -0.3 is 11.1 Å². The molecule has 0 aliphatic rings. The van der Waals surface area contributed by atoms with Gasteiger partial charge in [-0.25, -0.2) is 4.39 Å². The Morgan fingerprint density at radius 2 is 1.84 bits per heavy atom. The molecule has 2 rings (SSSR count). The summed E-state index contributed by atoms with van der Waals surface area (Å²) in [5.74, 6) is -0.215. The lowest BCUT2D eigenvalue weighted by atomic mass is 10.0. The summed E-state index contributed by atoms with van der Waals surface area (Å²) in [6.45, 7) is 4.41. The molecule has 2 nitrogen and oxygen atoms in total. The molecule has 0 saturated carbocycles. The first-order chi connectivity index (χ1) is 9.11. The van der Waals surface area contributed by atoms with Crippen molar-refractivity contribution >= 4 is 5.69 Å². The highest BCUT2D eigenvalue weighted by atomic mass is 19.1. The van der Waals surface area contributed by atoms with Crippen molar-refractivity contribution in [2.45, 2.75) is 19.9 Å². The normalized spacial score (nSPS) is 12.2. The van der Waals surface area contributed by atoms with Crippen LogP contribution in [0.2, 0.25) is 0 Å². The number of nitrogens with two attached hydrogens (primary N) is 1. The second kappa shape index (κ2) is 5.85. The molecule has 3 heteroatoms. The van der Waals surface area contributed by atoms with E-state index >= 15 is 0 Å². The zero-order chi connectivity index (χ0) is 13.8. The molecule has 0 aliphatic heterocycles. The highest BCUT2D eigenvalue weighted by Crippen LogP contribution is 2.24. The van der Waals surface area contributed by atoms with Crippen LogP contribution in [0.3, 0.4) is 0 Å². The Balaban J connectivity index is 2.28. The molecule has 0 amide bonds. The fraction of sp³-hybridized carbons (Fsp3) is 0.250. The van der Waals surface area contributed by atoms with E-state index in [2.05, 4.69) is 5.32 Å². The van der Waals surface area contributed by atoms with Gasteiger partial charge in [0.1, 0.15) is 5.82 Å². The molecule has 2 aromatic rings. The van der Waals surface area contributed by atoms with Crippen LogP contribution < -0.4 is 11.1 Å². The highest BCUT2D eigenvalue weighted by Gasteiger charge is 2.13. The molecule has 1 unspecified atom stereocenters. The zero-order valence-electron chi connectivity index (χ0n) is 11.3. The van der Waals surface area contributed by atoms with E-state index in [-0.39, 0.29) is 11.9 Å². The van der Waals surface area contributed by atoms with Gasteiger partial charge in [0.2, 0.25) is 0 Å². The van der Waals surface area contributed by atoms with Gasteiger partial charge in [0.15, 0.2) is 0 Å². The van der Waals surface area contributed by atoms with E-state index in [1.165, 1.54) is 17.7 Å². The Morgan fingerprint density at radius 1 is 1.11 bits per heavy atom. The largest absolute Gasteiger partial charge is 0.377 e. The molecule has 1 atom stereocenters. The fourth-order valence-electron chi connectivity index (χ4n) is 2.22. The lowest BCUT2D eigenvalue weighted by Crippen LogP contribution is -2.22. The number of halogens is 1. The van der Waals surface area contributed by atoms with Crippen LogP contribution in [0.4, 0.5) is 10.1 Å². The maximum absolute atomic E-state index is 13.2. The summed E-state index contributed by atoms with van der Waals surface area (Å²) >= 11 is 0. The maximum Gasteiger partial charge on any atom is 0.123 e. The van der Waals surface area contributed by atoms with Gasteiger partial charge in [-0.1, -0.05) is 24.3 Å². The molecular formula is C16H19FN2. The van der Waals surface area contributed by atoms with Crippen LogP contribution >= 0.6 is 0 Å². The first kappa shape index (κ1) is 13.6. The summed E-state index contributed by atoms with van der Waals surface area (Å²) in [4.78, 5) is 0. The van der Waals surface area contributed by atoms with Crippen LogP contribution in [0, 0.1) is 19.7 Å². The number of hydrogen-bond acceptors (Lipinski definition) is 2. The monoisotopic (exact) mass is 258 g/mol. The van der Waals surface area contributed by atoms with Crippen molar-refractivity contribution in [2.24, 2.45) is 5.73 Å². The first-order valence-electron chi connectivity index (χ1n) is 6.40. The quantitative estimate of drug-likeness (QED) is 0.880. The first-order valence-corrected chi connectivity index (χ1v) is 6.40. The number of para-hydroxylation sites is 1. The second-order valence-electron chi connectivity index (χ2n) is 4.75. The Labute approximate surface area is 113 Å². The number of rotatable bonds is 4. The Hall–Kier alpha value is -1.87. The lowest BCUT2D eigenvalue weighted by molar-refractivity contribution is 0.624. The summed E-state index contributed by atoms with van der Waals surface area (Å²) in [6.07, 6.45) is 0. The van der Waals surface area contributed by atoms with Crippen molar-refractivity contribution in [3.8, 4) is 0 Å². The Bertz CT molecular complexity index is 566. The van der Waals surface area contributed by atoms with Gasteiger partial charge in [-0.15, -0.1) is 0 Å². The number of nitrogens with one attached hydrogen (secondary N) is 1. The fourth-order valence-corrected chi connectivity index (χ4v) is 2.22. The van der Waals surface area contributed by atoms with Gasteiger partial charge in [-0.3, -0.25) is 0 Å². The molecule has 0 aliphatic carbocycles. The number of hydrogen-bond donors (Lipinski definition) is 2. The number of aryl methyl sites for hydroxylation is 2. The topological polar surface area (TPSA) is 38.0 Å². The molecule has 0 fully saturated rings. The molecule has 100 valence electrons. The molecule has 0 spiro atoms. The van der Waals surface area contributed by atoms with Gasteiger partial charge >= 0.3 is 0 Å². The van der Waals surface area contributed by atoms with Crippen LogP contribution in [0.5, 0.6) is 0 Å². The van der Waals surface area contributed by atoms with Crippen molar-refractivity contribution in [1.82, 2.24) is 0 Å². The minimum Gasteiger partial charge on any atom is -0.377 e. The minimum atomic E-state index is -0.215. The summed E-state index contributed by atoms with van der Waals surface area (Å²) in [5, 5.41) is 3.43. The predicted octanol–water partition coefficient (Wildman–Crippen LogP) is 3.55. The average molecular weight is 258 g/mol. The zero-order valence-corrected chi connectivity index (χ0v) is 11.3. The third kappa shape index (κ3) is 3.12. The summed E-state index contributed by atoms with van der Waals surface area (Å²) in [6, 6.07) is 12.9. The van der Waals surface area contributed by atoms with Gasteiger partial charge in [0.25, 0.3) is 0 Å². The van der Waals surface area contributed by atoms with E-state index in [4.69, 9.17) is 5.73 Å². The summed E-state index contributed by atoms with van der Waals surface area (Å²) in [7, 11) is 0. The lowest BCUT2D eigenvalue weighted by Gasteiger charge is -2.21. The third-order valence-electron chi connectivity index (χ3n) is 3.32. The van der Waals surface area contributed by atoms with Crippen LogP contribution in [0.25, 0.3) is 0 Å². The van der Waals surface area contributed by atoms with Crippen molar-refractivity contribution in [2.75, 3.05) is 11.9 Å². The van der Waals surface area contributed by atoms with Crippen molar-refractivity contribution in [3.05, 3.63) is 65.0 Å². The van der Waals surface area contributed by atoms with Crippen molar-refractivity contribution in [3.63, 3.8) is 0 Å². The molecule has 19 heavy (non-hydrogen) atoms. The highest BCUT2D eigenvalue weighted by molar-refractivity contribution is 5.52. The molecule has 2 aromatic carbocycles. The van der Waals surface area contributed by atoms with Crippen LogP contribution in [0.15, 0.2) is 42.5 Å². The Kier molecular flexibility index (Phi) is 4.17. The summed E-state index contributed by atoms with van der Waals surface area (Å²) in [5.41, 5.74) is 10.0.